The first-order valence-corrected chi connectivity index (χ1v) is 12.8. The van der Waals surface area contributed by atoms with Crippen LogP contribution in [0.1, 0.15) is 12.8 Å². The maximum Gasteiger partial charge on any atom is 0.264 e. The third-order valence-corrected chi connectivity index (χ3v) is 7.56. The first-order valence-electron chi connectivity index (χ1n) is 12.0. The number of thiazole rings is 1. The fourth-order valence-electron chi connectivity index (χ4n) is 4.66. The minimum absolute atomic E-state index is 0.170. The number of para-hydroxylation sites is 1. The molecule has 0 aliphatic carbocycles. The minimum Gasteiger partial charge on any atom is -0.365 e. The van der Waals surface area contributed by atoms with E-state index in [0.29, 0.717) is 22.3 Å². The zero-order valence-electron chi connectivity index (χ0n) is 19.3. The van der Waals surface area contributed by atoms with Gasteiger partial charge in [0.2, 0.25) is 5.95 Å². The van der Waals surface area contributed by atoms with Crippen molar-refractivity contribution in [1.82, 2.24) is 30.2 Å². The van der Waals surface area contributed by atoms with Crippen molar-refractivity contribution in [1.29, 1.82) is 0 Å². The highest BCUT2D eigenvalue weighted by atomic mass is 32.1. The zero-order chi connectivity index (χ0) is 23.6. The van der Waals surface area contributed by atoms with Crippen LogP contribution in [0, 0.1) is 0 Å². The van der Waals surface area contributed by atoms with Crippen molar-refractivity contribution in [3.8, 4) is 10.6 Å². The summed E-state index contributed by atoms with van der Waals surface area (Å²) in [4.78, 5) is 39.1. The number of anilines is 3. The lowest BCUT2D eigenvalue weighted by molar-refractivity contribution is 0.479. The third-order valence-electron chi connectivity index (χ3n) is 6.51. The molecule has 2 aliphatic heterocycles. The van der Waals surface area contributed by atoms with Crippen molar-refractivity contribution < 1.29 is 0 Å². The van der Waals surface area contributed by atoms with Gasteiger partial charge in [0, 0.05) is 51.2 Å². The highest BCUT2D eigenvalue weighted by Crippen LogP contribution is 2.32. The normalized spacial score (nSPS) is 18.7. The Morgan fingerprint density at radius 3 is 2.69 bits per heavy atom. The summed E-state index contributed by atoms with van der Waals surface area (Å²) in [5.41, 5.74) is 1.23. The molecule has 35 heavy (non-hydrogen) atoms. The third kappa shape index (κ3) is 4.56. The predicted molar refractivity (Wildman–Crippen MR) is 139 cm³/mol. The molecule has 180 valence electrons. The molecule has 3 aromatic heterocycles. The predicted octanol–water partition coefficient (Wildman–Crippen LogP) is 2.33. The molecule has 0 saturated carbocycles. The summed E-state index contributed by atoms with van der Waals surface area (Å²) in [6.07, 6.45) is 7.29. The molecule has 2 fully saturated rings. The van der Waals surface area contributed by atoms with Crippen LogP contribution in [0.4, 0.5) is 17.6 Å². The molecule has 11 heteroatoms. The fraction of sp³-hybridized carbons (Fsp3) is 0.375. The van der Waals surface area contributed by atoms with Crippen LogP contribution in [-0.2, 0) is 0 Å². The van der Waals surface area contributed by atoms with Crippen molar-refractivity contribution in [2.75, 3.05) is 54.4 Å². The summed E-state index contributed by atoms with van der Waals surface area (Å²) in [5, 5.41) is 7.68. The number of fused-ring (bicyclic) bond motifs is 1. The van der Waals surface area contributed by atoms with Gasteiger partial charge >= 0.3 is 0 Å². The number of benzene rings is 1. The first kappa shape index (κ1) is 21.9. The molecule has 1 aromatic carbocycles. The Balaban J connectivity index is 1.32. The van der Waals surface area contributed by atoms with Crippen LogP contribution in [0.2, 0.25) is 0 Å². The zero-order valence-corrected chi connectivity index (χ0v) is 20.1. The van der Waals surface area contributed by atoms with E-state index in [4.69, 9.17) is 9.97 Å². The highest BCUT2D eigenvalue weighted by molar-refractivity contribution is 7.21. The van der Waals surface area contributed by atoms with E-state index in [2.05, 4.69) is 35.4 Å². The van der Waals surface area contributed by atoms with Crippen molar-refractivity contribution in [3.05, 3.63) is 53.2 Å². The van der Waals surface area contributed by atoms with E-state index in [1.165, 1.54) is 11.3 Å². The van der Waals surface area contributed by atoms with Crippen LogP contribution in [0.25, 0.3) is 20.8 Å². The molecule has 0 spiro atoms. The molecule has 2 aliphatic rings. The van der Waals surface area contributed by atoms with Crippen LogP contribution >= 0.6 is 11.3 Å². The second kappa shape index (κ2) is 9.59. The van der Waals surface area contributed by atoms with Crippen LogP contribution in [-0.4, -0.2) is 70.2 Å². The minimum atomic E-state index is -0.170. The summed E-state index contributed by atoms with van der Waals surface area (Å²) in [7, 11) is 0. The van der Waals surface area contributed by atoms with Crippen molar-refractivity contribution in [2.45, 2.75) is 18.9 Å². The number of hydrogen-bond acceptors (Lipinski definition) is 10. The highest BCUT2D eigenvalue weighted by Gasteiger charge is 2.25. The van der Waals surface area contributed by atoms with Gasteiger partial charge in [-0.3, -0.25) is 14.8 Å². The van der Waals surface area contributed by atoms with Crippen LogP contribution in [0.15, 0.2) is 47.7 Å². The van der Waals surface area contributed by atoms with Gasteiger partial charge in [0.05, 0.1) is 16.4 Å². The Labute approximate surface area is 206 Å². The molecular formula is C24H27N9OS. The average molecular weight is 490 g/mol. The van der Waals surface area contributed by atoms with E-state index in [1.54, 1.807) is 18.6 Å². The molecular weight excluding hydrogens is 462 g/mol. The van der Waals surface area contributed by atoms with Crippen LogP contribution in [0.5, 0.6) is 0 Å². The lowest BCUT2D eigenvalue weighted by Gasteiger charge is -2.35. The average Bonchev–Trinajstić information content (AvgIpc) is 3.33. The van der Waals surface area contributed by atoms with Crippen molar-refractivity contribution in [2.24, 2.45) is 0 Å². The SMILES string of the molecule is O=c1[nH]c(N2CCN(c3cnccn3)CC2)nc(N[C@@H]2CCCNC2)c1-c1nc2ccccc2s1. The van der Waals surface area contributed by atoms with Gasteiger partial charge in [0.25, 0.3) is 5.56 Å². The standard InChI is InChI=1S/C24H27N9OS/c34-22-20(23-29-17-5-1-2-6-18(17)35-23)21(28-16-4-3-7-25-14-16)30-24(31-22)33-12-10-32(11-13-33)19-15-26-8-9-27-19/h1-2,5-6,8-9,15-16,25H,3-4,7,10-14H2,(H2,28,30,31,34)/t16-/m1/s1. The summed E-state index contributed by atoms with van der Waals surface area (Å²) < 4.78 is 1.05. The Kier molecular flexibility index (Phi) is 6.01. The van der Waals surface area contributed by atoms with Crippen molar-refractivity contribution >= 4 is 39.1 Å². The van der Waals surface area contributed by atoms with Crippen LogP contribution < -0.4 is 26.0 Å². The smallest absolute Gasteiger partial charge is 0.264 e. The number of H-pyrrole nitrogens is 1. The molecule has 0 bridgehead atoms. The van der Waals surface area contributed by atoms with Gasteiger partial charge in [-0.2, -0.15) is 4.98 Å². The molecule has 10 nitrogen and oxygen atoms in total. The quantitative estimate of drug-likeness (QED) is 0.388. The van der Waals surface area contributed by atoms with E-state index in [-0.39, 0.29) is 11.6 Å². The van der Waals surface area contributed by atoms with E-state index in [0.717, 1.165) is 68.1 Å². The molecule has 1 atom stereocenters. The molecule has 2 saturated heterocycles. The topological polar surface area (TPSA) is 115 Å². The number of nitrogens with zero attached hydrogens (tertiary/aromatic N) is 6. The van der Waals surface area contributed by atoms with Gasteiger partial charge in [0.15, 0.2) is 0 Å². The molecule has 0 unspecified atom stereocenters. The van der Waals surface area contributed by atoms with E-state index < -0.39 is 0 Å². The Morgan fingerprint density at radius 2 is 1.91 bits per heavy atom. The number of aromatic nitrogens is 5. The molecule has 6 rings (SSSR count). The maximum absolute atomic E-state index is 13.5. The van der Waals surface area contributed by atoms with Gasteiger partial charge in [-0.15, -0.1) is 11.3 Å². The first-order chi connectivity index (χ1) is 17.2. The number of rotatable bonds is 5. The van der Waals surface area contributed by atoms with E-state index in [9.17, 15) is 4.79 Å². The Morgan fingerprint density at radius 1 is 1.06 bits per heavy atom. The van der Waals surface area contributed by atoms with Gasteiger partial charge in [-0.25, -0.2) is 9.97 Å². The Hall–Kier alpha value is -3.57. The fourth-order valence-corrected chi connectivity index (χ4v) is 5.67. The number of hydrogen-bond donors (Lipinski definition) is 3. The second-order valence-corrected chi connectivity index (χ2v) is 9.86. The van der Waals surface area contributed by atoms with Gasteiger partial charge in [0.1, 0.15) is 22.2 Å². The van der Waals surface area contributed by atoms with Crippen molar-refractivity contribution in [3.63, 3.8) is 0 Å². The lowest BCUT2D eigenvalue weighted by atomic mass is 10.1. The number of piperidine rings is 1. The second-order valence-electron chi connectivity index (χ2n) is 8.83. The molecule has 3 N–H and O–H groups in total. The Bertz CT molecular complexity index is 1330. The maximum atomic E-state index is 13.5. The van der Waals surface area contributed by atoms with Gasteiger partial charge in [-0.1, -0.05) is 12.1 Å². The monoisotopic (exact) mass is 489 g/mol. The number of piperazine rings is 1. The largest absolute Gasteiger partial charge is 0.365 e. The molecule has 0 radical (unpaired) electrons. The number of aromatic amines is 1. The van der Waals surface area contributed by atoms with E-state index >= 15 is 0 Å². The van der Waals surface area contributed by atoms with E-state index in [1.807, 2.05) is 24.3 Å². The lowest BCUT2D eigenvalue weighted by Crippen LogP contribution is -2.48. The number of nitrogens with one attached hydrogen (secondary N) is 3. The van der Waals surface area contributed by atoms with Crippen LogP contribution in [0.3, 0.4) is 0 Å². The molecule has 0 amide bonds. The summed E-state index contributed by atoms with van der Waals surface area (Å²) in [6.45, 7) is 4.87. The summed E-state index contributed by atoms with van der Waals surface area (Å²) >= 11 is 1.52. The molecule has 4 aromatic rings. The van der Waals surface area contributed by atoms with Gasteiger partial charge < -0.3 is 20.4 Å². The summed E-state index contributed by atoms with van der Waals surface area (Å²) in [6, 6.07) is 8.17. The van der Waals surface area contributed by atoms with Gasteiger partial charge in [-0.05, 0) is 31.5 Å². The summed E-state index contributed by atoms with van der Waals surface area (Å²) in [5.74, 6) is 2.06. The molecule has 5 heterocycles.